The molecule has 6 unspecified atom stereocenters. The minimum Gasteiger partial charge on any atom is -0.319 e. The number of fused-ring (bicyclic) bond motifs is 5. The summed E-state index contributed by atoms with van der Waals surface area (Å²) in [7, 11) is 4.45. The molecule has 1 heterocycles. The average molecular weight is 476 g/mol. The van der Waals surface area contributed by atoms with E-state index in [2.05, 4.69) is 56.9 Å². The van der Waals surface area contributed by atoms with Crippen molar-refractivity contribution in [3.63, 3.8) is 0 Å². The molecule has 0 radical (unpaired) electrons. The monoisotopic (exact) mass is 475 g/mol. The van der Waals surface area contributed by atoms with E-state index in [1.54, 1.807) is 0 Å². The third kappa shape index (κ3) is 4.73. The molecule has 4 rings (SSSR count). The van der Waals surface area contributed by atoms with E-state index in [4.69, 9.17) is 0 Å². The Labute approximate surface area is 208 Å². The van der Waals surface area contributed by atoms with Crippen LogP contribution in [-0.4, -0.2) is 24.5 Å². The predicted molar refractivity (Wildman–Crippen MR) is 146 cm³/mol. The standard InChI is InChI=1S/C29H49NO.CH5P/c1-8-21-18-25-29(6,17-15-26(31)30(25)7)24-14-16-28(5)22(12-13-23(28)27(21)24)20(4)11-9-10-19(2)3;1-2/h18-24,27H,8-17H2,1-7H3;2H2,1H3/t20?,21-,22?,23?,24?,27?,28+,29+;/m0./s1. The van der Waals surface area contributed by atoms with Crippen LogP contribution < -0.4 is 0 Å². The van der Waals surface area contributed by atoms with Gasteiger partial charge in [-0.05, 0) is 85.4 Å². The number of rotatable bonds is 6. The van der Waals surface area contributed by atoms with Crippen molar-refractivity contribution in [3.05, 3.63) is 11.8 Å². The minimum atomic E-state index is 0.210. The van der Waals surface area contributed by atoms with Gasteiger partial charge in [-0.25, -0.2) is 0 Å². The van der Waals surface area contributed by atoms with Crippen molar-refractivity contribution in [2.24, 2.45) is 52.3 Å². The molecule has 1 saturated heterocycles. The molecule has 190 valence electrons. The number of carbonyl (C=O) groups is 1. The lowest BCUT2D eigenvalue weighted by atomic mass is 9.46. The van der Waals surface area contributed by atoms with Crippen molar-refractivity contribution in [1.29, 1.82) is 0 Å². The Bertz CT molecular complexity index is 716. The summed E-state index contributed by atoms with van der Waals surface area (Å²) in [6.07, 6.45) is 15.5. The molecule has 0 bridgehead atoms. The van der Waals surface area contributed by atoms with Gasteiger partial charge in [-0.1, -0.05) is 73.5 Å². The largest absolute Gasteiger partial charge is 0.319 e. The maximum absolute atomic E-state index is 12.5. The van der Waals surface area contributed by atoms with Crippen molar-refractivity contribution in [3.8, 4) is 0 Å². The molecule has 3 aliphatic carbocycles. The number of hydrogen-bond acceptors (Lipinski definition) is 1. The smallest absolute Gasteiger partial charge is 0.226 e. The molecule has 1 aliphatic heterocycles. The summed E-state index contributed by atoms with van der Waals surface area (Å²) in [5.74, 6) is 6.07. The van der Waals surface area contributed by atoms with Gasteiger partial charge < -0.3 is 4.90 Å². The molecule has 33 heavy (non-hydrogen) atoms. The van der Waals surface area contributed by atoms with Gasteiger partial charge >= 0.3 is 0 Å². The molecule has 0 aromatic rings. The minimum absolute atomic E-state index is 0.210. The summed E-state index contributed by atoms with van der Waals surface area (Å²) < 4.78 is 0. The summed E-state index contributed by atoms with van der Waals surface area (Å²) >= 11 is 0. The van der Waals surface area contributed by atoms with Crippen LogP contribution in [-0.2, 0) is 4.79 Å². The topological polar surface area (TPSA) is 20.3 Å². The molecule has 0 N–H and O–H groups in total. The van der Waals surface area contributed by atoms with Crippen LogP contribution >= 0.6 is 9.24 Å². The zero-order valence-corrected chi connectivity index (χ0v) is 24.3. The molecule has 1 amide bonds. The van der Waals surface area contributed by atoms with Crippen LogP contribution in [0, 0.1) is 52.3 Å². The molecule has 9 atom stereocenters. The number of amides is 1. The molecule has 3 fully saturated rings. The zero-order chi connectivity index (χ0) is 24.6. The van der Waals surface area contributed by atoms with Gasteiger partial charge in [-0.15, -0.1) is 9.24 Å². The fraction of sp³-hybridized carbons (Fsp3) is 0.900. The summed E-state index contributed by atoms with van der Waals surface area (Å²) in [5.41, 5.74) is 2.11. The maximum atomic E-state index is 12.5. The lowest BCUT2D eigenvalue weighted by molar-refractivity contribution is -0.137. The first-order valence-electron chi connectivity index (χ1n) is 14.2. The van der Waals surface area contributed by atoms with Gasteiger partial charge in [0, 0.05) is 24.6 Å². The van der Waals surface area contributed by atoms with E-state index in [0.717, 1.165) is 48.3 Å². The Kier molecular flexibility index (Phi) is 8.85. The molecular weight excluding hydrogens is 421 g/mol. The van der Waals surface area contributed by atoms with Crippen LogP contribution in [0.4, 0.5) is 0 Å². The number of nitrogens with zero attached hydrogens (tertiary/aromatic N) is 1. The van der Waals surface area contributed by atoms with E-state index in [1.165, 1.54) is 57.1 Å². The van der Waals surface area contributed by atoms with Crippen molar-refractivity contribution in [2.45, 2.75) is 106 Å². The average Bonchev–Trinajstić information content (AvgIpc) is 3.15. The van der Waals surface area contributed by atoms with Crippen LogP contribution in [0.15, 0.2) is 11.8 Å². The van der Waals surface area contributed by atoms with E-state index in [9.17, 15) is 4.79 Å². The Hall–Kier alpha value is -0.360. The van der Waals surface area contributed by atoms with Crippen molar-refractivity contribution in [2.75, 3.05) is 13.7 Å². The highest BCUT2D eigenvalue weighted by Crippen LogP contribution is 2.68. The lowest BCUT2D eigenvalue weighted by Gasteiger charge is -2.60. The SMILES string of the molecule is CC[C@H]1C=C2N(C)C(=O)CC[C@]2(C)C2CC[C@]3(C)C(C(C)CCCC(C)C)CCC3C21.CP. The van der Waals surface area contributed by atoms with Crippen LogP contribution in [0.2, 0.25) is 0 Å². The Balaban J connectivity index is 0.00000149. The molecule has 3 heteroatoms. The van der Waals surface area contributed by atoms with Gasteiger partial charge in [0.05, 0.1) is 0 Å². The van der Waals surface area contributed by atoms with Crippen molar-refractivity contribution >= 4 is 15.1 Å². The van der Waals surface area contributed by atoms with E-state index in [0.29, 0.717) is 17.2 Å². The fourth-order valence-corrected chi connectivity index (χ4v) is 9.12. The van der Waals surface area contributed by atoms with Gasteiger partial charge in [-0.3, -0.25) is 4.79 Å². The zero-order valence-electron chi connectivity index (χ0n) is 23.1. The van der Waals surface area contributed by atoms with Crippen molar-refractivity contribution < 1.29 is 4.79 Å². The molecule has 0 aromatic heterocycles. The lowest BCUT2D eigenvalue weighted by Crippen LogP contribution is -2.56. The second-order valence-electron chi connectivity index (χ2n) is 12.8. The van der Waals surface area contributed by atoms with Crippen molar-refractivity contribution in [1.82, 2.24) is 4.90 Å². The summed E-state index contributed by atoms with van der Waals surface area (Å²) in [4.78, 5) is 14.5. The maximum Gasteiger partial charge on any atom is 0.226 e. The first-order chi connectivity index (χ1) is 15.6. The quantitative estimate of drug-likeness (QED) is 0.355. The van der Waals surface area contributed by atoms with Crippen LogP contribution in [0.5, 0.6) is 0 Å². The molecule has 0 spiro atoms. The first kappa shape index (κ1) is 27.2. The normalized spacial score (nSPS) is 40.9. The van der Waals surface area contributed by atoms with E-state index < -0.39 is 0 Å². The van der Waals surface area contributed by atoms with E-state index >= 15 is 0 Å². The van der Waals surface area contributed by atoms with Crippen LogP contribution in [0.1, 0.15) is 106 Å². The third-order valence-electron chi connectivity index (χ3n) is 10.9. The van der Waals surface area contributed by atoms with E-state index in [1.807, 2.05) is 18.6 Å². The van der Waals surface area contributed by atoms with Crippen LogP contribution in [0.25, 0.3) is 0 Å². The van der Waals surface area contributed by atoms with Gasteiger partial charge in [-0.2, -0.15) is 0 Å². The molecule has 2 saturated carbocycles. The molecular formula is C30H54NOP. The number of carbonyl (C=O) groups excluding carboxylic acids is 1. The highest BCUT2D eigenvalue weighted by Gasteiger charge is 2.61. The third-order valence-corrected chi connectivity index (χ3v) is 10.9. The number of hydrogen-bond donors (Lipinski definition) is 0. The Morgan fingerprint density at radius 3 is 2.39 bits per heavy atom. The number of piperidine rings is 1. The van der Waals surface area contributed by atoms with Crippen LogP contribution in [0.3, 0.4) is 0 Å². The van der Waals surface area contributed by atoms with E-state index in [-0.39, 0.29) is 5.41 Å². The number of likely N-dealkylation sites (tertiary alicyclic amines) is 1. The summed E-state index contributed by atoms with van der Waals surface area (Å²) in [5, 5.41) is 0. The highest BCUT2D eigenvalue weighted by atomic mass is 31.0. The van der Waals surface area contributed by atoms with Gasteiger partial charge in [0.1, 0.15) is 0 Å². The molecule has 4 aliphatic rings. The van der Waals surface area contributed by atoms with Gasteiger partial charge in [0.15, 0.2) is 0 Å². The Morgan fingerprint density at radius 1 is 1.06 bits per heavy atom. The van der Waals surface area contributed by atoms with Gasteiger partial charge in [0.2, 0.25) is 5.91 Å². The fourth-order valence-electron chi connectivity index (χ4n) is 9.12. The molecule has 0 aromatic carbocycles. The number of allylic oxidation sites excluding steroid dienone is 2. The highest BCUT2D eigenvalue weighted by molar-refractivity contribution is 7.15. The first-order valence-corrected chi connectivity index (χ1v) is 15.4. The summed E-state index contributed by atoms with van der Waals surface area (Å²) in [6.45, 7) is 16.8. The Morgan fingerprint density at radius 2 is 1.76 bits per heavy atom. The molecule has 2 nitrogen and oxygen atoms in total. The summed E-state index contributed by atoms with van der Waals surface area (Å²) in [6, 6.07) is 0. The van der Waals surface area contributed by atoms with Gasteiger partial charge in [0.25, 0.3) is 0 Å². The predicted octanol–water partition coefficient (Wildman–Crippen LogP) is 8.18. The second-order valence-corrected chi connectivity index (χ2v) is 12.8. The second kappa shape index (κ2) is 10.7.